The van der Waals surface area contributed by atoms with Crippen molar-refractivity contribution in [1.82, 2.24) is 19.6 Å². The van der Waals surface area contributed by atoms with Crippen LogP contribution in [0, 0.1) is 27.7 Å². The Bertz CT molecular complexity index is 5500. The summed E-state index contributed by atoms with van der Waals surface area (Å²) in [6.07, 6.45) is -0.0652. The largest absolute Gasteiger partial charge is 0.395 e. The van der Waals surface area contributed by atoms with Crippen molar-refractivity contribution in [2.45, 2.75) is 96.2 Å². The van der Waals surface area contributed by atoms with Crippen molar-refractivity contribution in [2.24, 2.45) is 0 Å². The van der Waals surface area contributed by atoms with Gasteiger partial charge in [0.1, 0.15) is 0 Å². The van der Waals surface area contributed by atoms with E-state index in [1.54, 1.807) is 17.0 Å². The highest BCUT2D eigenvalue weighted by Gasteiger charge is 2.40. The molecule has 16 rings (SSSR count). The number of aliphatic hydroxyl groups is 3. The number of aryl methyl sites for hydroxylation is 4. The fraction of sp³-hybridized carbons (Fsp3) is 0.269. The molecule has 0 spiro atoms. The van der Waals surface area contributed by atoms with Crippen LogP contribution in [-0.2, 0) is 32.2 Å². The van der Waals surface area contributed by atoms with Gasteiger partial charge in [0, 0.05) is 98.6 Å². The van der Waals surface area contributed by atoms with E-state index in [0.717, 1.165) is 101 Å². The summed E-state index contributed by atoms with van der Waals surface area (Å²) in [4.78, 5) is 69.8. The molecule has 127 heavy (non-hydrogen) atoms. The van der Waals surface area contributed by atoms with Crippen molar-refractivity contribution >= 4 is 139 Å². The molecule has 0 radical (unpaired) electrons. The van der Waals surface area contributed by atoms with Crippen LogP contribution < -0.4 is 19.6 Å². The minimum Gasteiger partial charge on any atom is -0.395 e. The summed E-state index contributed by atoms with van der Waals surface area (Å²) < 4.78 is 0. The molecule has 4 aliphatic rings. The predicted octanol–water partition coefficient (Wildman–Crippen LogP) is 23.2. The van der Waals surface area contributed by atoms with Gasteiger partial charge in [-0.25, -0.2) is 0 Å². The maximum atomic E-state index is 13.6. The van der Waals surface area contributed by atoms with Crippen LogP contribution in [0.4, 0.5) is 22.7 Å². The van der Waals surface area contributed by atoms with Gasteiger partial charge in [0.05, 0.1) is 98.5 Å². The second kappa shape index (κ2) is 44.8. The van der Waals surface area contributed by atoms with E-state index in [9.17, 15) is 34.5 Å². The lowest BCUT2D eigenvalue weighted by Gasteiger charge is -2.44. The molecule has 15 nitrogen and oxygen atoms in total. The Morgan fingerprint density at radius 1 is 0.323 bits per heavy atom. The molecule has 0 saturated carbocycles. The van der Waals surface area contributed by atoms with Gasteiger partial charge in [0.2, 0.25) is 17.7 Å². The number of halogens is 8. The zero-order chi connectivity index (χ0) is 90.0. The van der Waals surface area contributed by atoms with Gasteiger partial charge in [0.15, 0.2) is 6.10 Å². The van der Waals surface area contributed by atoms with E-state index in [4.69, 9.17) is 92.8 Å². The number of carbonyl (C=O) groups is 4. The third-order valence-corrected chi connectivity index (χ3v) is 26.2. The molecular formula is C104H104Cl8N8O7. The van der Waals surface area contributed by atoms with E-state index in [1.807, 2.05) is 285 Å². The number of rotatable bonds is 19. The molecule has 4 aliphatic heterocycles. The molecule has 7 atom stereocenters. The summed E-state index contributed by atoms with van der Waals surface area (Å²) in [5.74, 6) is -0.775. The molecule has 12 aromatic rings. The zero-order valence-electron chi connectivity index (χ0n) is 71.6. The Kier molecular flexibility index (Phi) is 33.3. The average Bonchev–Trinajstić information content (AvgIpc) is 0.782. The summed E-state index contributed by atoms with van der Waals surface area (Å²) in [6.45, 7) is 17.0. The molecule has 4 amide bonds. The Labute approximate surface area is 785 Å². The van der Waals surface area contributed by atoms with Crippen LogP contribution in [0.25, 0.3) is 0 Å². The van der Waals surface area contributed by atoms with Crippen LogP contribution in [0.3, 0.4) is 0 Å². The number of carbonyl (C=O) groups excluding carboxylic acids is 4. The average molecular weight is 1860 g/mol. The van der Waals surface area contributed by atoms with Crippen LogP contribution in [0.5, 0.6) is 0 Å². The normalized spacial score (nSPS) is 17.1. The van der Waals surface area contributed by atoms with E-state index in [-0.39, 0.29) is 66.9 Å². The van der Waals surface area contributed by atoms with Crippen LogP contribution in [-0.4, -0.2) is 144 Å². The lowest BCUT2D eigenvalue weighted by molar-refractivity contribution is -0.141. The SMILES string of the molecule is CCC(C(=O)N1CCN(c2ccc(C)cc2Cl)C(c2ccc(Cl)cc2)C1)c1ccccc1.Cc1ccc(N2CCN(C(=O)C(CO)c3ccccc3)CC2c2ccc(Cl)cc2)c(Cl)c1.Cc1ccc(N2CCN(C(=O)C(O)c3ccccc3)CC2c2ccc(Cl)cc2)c(Cl)c1.Cc1ccc(N2CCN(C(=O)Cc3ccc(CO)cc3)CC2c2ccc(Cl)cc2)c(Cl)c1. The molecule has 3 N–H and O–H groups in total. The van der Waals surface area contributed by atoms with Crippen molar-refractivity contribution in [3.05, 3.63) is 398 Å². The second-order valence-electron chi connectivity index (χ2n) is 32.5. The maximum Gasteiger partial charge on any atom is 0.256 e. The molecule has 7 unspecified atom stereocenters. The highest BCUT2D eigenvalue weighted by atomic mass is 35.5. The topological polar surface area (TPSA) is 155 Å². The Balaban J connectivity index is 0.000000145. The lowest BCUT2D eigenvalue weighted by Crippen LogP contribution is -2.52. The van der Waals surface area contributed by atoms with E-state index in [1.165, 1.54) is 0 Å². The van der Waals surface area contributed by atoms with Gasteiger partial charge in [-0.15, -0.1) is 0 Å². The molecular weight excluding hydrogens is 1760 g/mol. The number of aliphatic hydroxyl groups excluding tert-OH is 3. The fourth-order valence-corrected chi connectivity index (χ4v) is 18.9. The highest BCUT2D eigenvalue weighted by molar-refractivity contribution is 6.35. The highest BCUT2D eigenvalue weighted by Crippen LogP contribution is 2.43. The standard InChI is InChI=1S/C27H28Cl2N2O.2C26H26Cl2N2O2.C25H24Cl2N2O2/c1-3-23(20-7-5-4-6-8-20)27(32)30-15-16-31(25-14-9-19(2)17-24(25)29)26(18-30)21-10-12-22(28)13-11-21;1-18-2-11-24(23(28)14-18)30-13-12-29(16-25(30)21-7-9-22(27)10-8-21)26(32)15-19-3-5-20(17-31)6-4-19;1-18-7-12-24(23(28)15-18)30-14-13-29(16-25(30)20-8-10-21(27)11-9-20)26(32)22(17-31)19-5-3-2-4-6-19;1-17-7-12-22(21(27)15-17)29-14-13-28(16-23(29)18-8-10-20(26)11-9-18)25(31)24(30)19-5-3-2-4-6-19/h4-14,17,23,26H,3,15-16,18H2,1-2H3;2-11,14,25,31H,12-13,15-17H2,1H3;2-12,15,22,25,31H,13-14,16-17H2,1H3;2-12,15,23-24,30H,13-14,16H2,1H3. The van der Waals surface area contributed by atoms with Crippen LogP contribution in [0.2, 0.25) is 40.2 Å². The van der Waals surface area contributed by atoms with Crippen molar-refractivity contribution in [3.8, 4) is 0 Å². The van der Waals surface area contributed by atoms with E-state index < -0.39 is 12.0 Å². The monoisotopic (exact) mass is 1860 g/mol. The fourth-order valence-electron chi connectivity index (χ4n) is 17.1. The molecule has 12 aromatic carbocycles. The second-order valence-corrected chi connectivity index (χ2v) is 35.9. The van der Waals surface area contributed by atoms with Gasteiger partial charge in [0.25, 0.3) is 5.91 Å². The molecule has 0 bridgehead atoms. The van der Waals surface area contributed by atoms with E-state index in [0.29, 0.717) is 126 Å². The first-order valence-corrected chi connectivity index (χ1v) is 45.8. The summed E-state index contributed by atoms with van der Waals surface area (Å²) in [5, 5.41) is 35.4. The summed E-state index contributed by atoms with van der Waals surface area (Å²) >= 11 is 51.0. The first-order valence-electron chi connectivity index (χ1n) is 42.7. The molecule has 4 fully saturated rings. The molecule has 23 heteroatoms. The van der Waals surface area contributed by atoms with Gasteiger partial charge < -0.3 is 54.5 Å². The van der Waals surface area contributed by atoms with Gasteiger partial charge in [-0.05, 0) is 204 Å². The number of piperazine rings is 4. The number of amides is 4. The van der Waals surface area contributed by atoms with Gasteiger partial charge in [-0.3, -0.25) is 19.2 Å². The minimum atomic E-state index is -1.18. The van der Waals surface area contributed by atoms with Crippen molar-refractivity contribution < 1.29 is 34.5 Å². The first-order chi connectivity index (χ1) is 61.3. The van der Waals surface area contributed by atoms with E-state index in [2.05, 4.69) is 56.9 Å². The number of anilines is 4. The number of hydrogen-bond acceptors (Lipinski definition) is 11. The minimum absolute atomic E-state index is 0.000524. The molecule has 658 valence electrons. The smallest absolute Gasteiger partial charge is 0.256 e. The third kappa shape index (κ3) is 24.1. The van der Waals surface area contributed by atoms with Crippen LogP contribution in [0.15, 0.2) is 285 Å². The van der Waals surface area contributed by atoms with Crippen molar-refractivity contribution in [1.29, 1.82) is 0 Å². The summed E-state index contributed by atoms with van der Waals surface area (Å²) in [6, 6.07) is 91.3. The van der Waals surface area contributed by atoms with Crippen LogP contribution >= 0.6 is 92.8 Å². The third-order valence-electron chi connectivity index (χ3n) is 24.0. The Hall–Kier alpha value is -10.1. The number of benzene rings is 12. The van der Waals surface area contributed by atoms with Crippen molar-refractivity contribution in [3.63, 3.8) is 0 Å². The molecule has 0 aromatic heterocycles. The number of nitrogens with zero attached hydrogens (tertiary/aromatic N) is 8. The predicted molar refractivity (Wildman–Crippen MR) is 520 cm³/mol. The Morgan fingerprint density at radius 3 is 0.898 bits per heavy atom. The van der Waals surface area contributed by atoms with Crippen LogP contribution in [0.1, 0.15) is 128 Å². The first kappa shape index (κ1) is 94.5. The zero-order valence-corrected chi connectivity index (χ0v) is 77.6. The lowest BCUT2D eigenvalue weighted by atomic mass is 9.93. The van der Waals surface area contributed by atoms with Gasteiger partial charge >= 0.3 is 0 Å². The number of hydrogen-bond donors (Lipinski definition) is 3. The molecule has 4 heterocycles. The summed E-state index contributed by atoms with van der Waals surface area (Å²) in [7, 11) is 0. The van der Waals surface area contributed by atoms with Crippen molar-refractivity contribution in [2.75, 3.05) is 105 Å². The van der Waals surface area contributed by atoms with Gasteiger partial charge in [-0.1, -0.05) is 288 Å². The molecule has 4 saturated heterocycles. The summed E-state index contributed by atoms with van der Waals surface area (Å²) in [5.41, 5.74) is 16.9. The van der Waals surface area contributed by atoms with E-state index >= 15 is 0 Å². The Morgan fingerprint density at radius 2 is 0.598 bits per heavy atom. The quantitative estimate of drug-likeness (QED) is 0.0709. The van der Waals surface area contributed by atoms with Gasteiger partial charge in [-0.2, -0.15) is 0 Å². The molecule has 0 aliphatic carbocycles. The maximum absolute atomic E-state index is 13.6.